The quantitative estimate of drug-likeness (QED) is 0.374. The summed E-state index contributed by atoms with van der Waals surface area (Å²) in [6.45, 7) is 4.66. The van der Waals surface area contributed by atoms with Crippen molar-refractivity contribution in [3.8, 4) is 0 Å². The number of hydrogen-bond acceptors (Lipinski definition) is 7. The summed E-state index contributed by atoms with van der Waals surface area (Å²) in [7, 11) is 0. The second-order valence-electron chi connectivity index (χ2n) is 7.93. The predicted molar refractivity (Wildman–Crippen MR) is 111 cm³/mol. The van der Waals surface area contributed by atoms with Crippen LogP contribution in [-0.4, -0.2) is 81.3 Å². The van der Waals surface area contributed by atoms with E-state index in [4.69, 9.17) is 16.3 Å². The summed E-state index contributed by atoms with van der Waals surface area (Å²) in [5, 5.41) is 36.4. The third-order valence-electron chi connectivity index (χ3n) is 5.76. The van der Waals surface area contributed by atoms with Gasteiger partial charge in [-0.1, -0.05) is 19.8 Å². The van der Waals surface area contributed by atoms with Crippen molar-refractivity contribution in [2.24, 2.45) is 5.92 Å². The van der Waals surface area contributed by atoms with E-state index in [9.17, 15) is 20.1 Å². The molecular weight excluding hydrogens is 404 g/mol. The Bertz CT molecular complexity index is 499. The zero-order valence-corrected chi connectivity index (χ0v) is 18.5. The summed E-state index contributed by atoms with van der Waals surface area (Å²) < 4.78 is 5.81. The lowest BCUT2D eigenvalue weighted by Crippen LogP contribution is -2.65. The third-order valence-corrected chi connectivity index (χ3v) is 6.88. The molecule has 0 aliphatic carbocycles. The fraction of sp³-hybridized carbons (Fsp3) is 0.947. The van der Waals surface area contributed by atoms with Gasteiger partial charge >= 0.3 is 0 Å². The van der Waals surface area contributed by atoms with E-state index in [0.29, 0.717) is 5.92 Å². The highest BCUT2D eigenvalue weighted by atomic mass is 35.5. The Morgan fingerprint density at radius 3 is 2.64 bits per heavy atom. The molecular formula is C19H35ClN2O5S. The van der Waals surface area contributed by atoms with Gasteiger partial charge in [-0.25, -0.2) is 0 Å². The van der Waals surface area contributed by atoms with Gasteiger partial charge in [-0.3, -0.25) is 4.79 Å². The summed E-state index contributed by atoms with van der Waals surface area (Å²) in [6, 6.07) is -1.01. The Morgan fingerprint density at radius 1 is 1.32 bits per heavy atom. The average molecular weight is 439 g/mol. The van der Waals surface area contributed by atoms with E-state index < -0.39 is 41.3 Å². The number of rotatable bonds is 7. The number of carbonyl (C=O) groups is 1. The topological polar surface area (TPSA) is 111 Å². The zero-order valence-electron chi connectivity index (χ0n) is 16.9. The standard InChI is InChI=1S/C19H35ClN2O5S/c1-4-6-11-7-5-8-21-12(9-11)18(26)22-13(10(2)20)17-15(24)14(23)16(25)19(27-17)28-3/h10-17,19,21,23-25H,4-9H2,1-3H3,(H,22,26)/t10?,11?,12?,13?,14-,15+,16+,17+,19+/m0/s1. The molecule has 0 radical (unpaired) electrons. The maximum absolute atomic E-state index is 13.0. The van der Waals surface area contributed by atoms with Gasteiger partial charge in [-0.15, -0.1) is 23.4 Å². The lowest BCUT2D eigenvalue weighted by Gasteiger charge is -2.44. The summed E-state index contributed by atoms with van der Waals surface area (Å²) in [4.78, 5) is 13.0. The van der Waals surface area contributed by atoms with Crippen LogP contribution in [0.4, 0.5) is 0 Å². The van der Waals surface area contributed by atoms with Gasteiger partial charge in [-0.05, 0) is 44.9 Å². The molecule has 4 unspecified atom stereocenters. The highest BCUT2D eigenvalue weighted by molar-refractivity contribution is 7.99. The normalized spacial score (nSPS) is 39.0. The smallest absolute Gasteiger partial charge is 0.237 e. The van der Waals surface area contributed by atoms with Crippen molar-refractivity contribution in [2.75, 3.05) is 12.8 Å². The number of amides is 1. The highest BCUT2D eigenvalue weighted by Gasteiger charge is 2.48. The number of thioether (sulfide) groups is 1. The van der Waals surface area contributed by atoms with E-state index >= 15 is 0 Å². The number of hydrogen-bond donors (Lipinski definition) is 5. The number of alkyl halides is 1. The summed E-state index contributed by atoms with van der Waals surface area (Å²) >= 11 is 7.57. The number of aliphatic hydroxyl groups excluding tert-OH is 3. The van der Waals surface area contributed by atoms with Crippen molar-refractivity contribution in [2.45, 2.75) is 93.3 Å². The van der Waals surface area contributed by atoms with E-state index in [1.54, 1.807) is 13.2 Å². The molecule has 0 aromatic rings. The second-order valence-corrected chi connectivity index (χ2v) is 9.55. The fourth-order valence-corrected chi connectivity index (χ4v) is 5.05. The number of halogens is 1. The predicted octanol–water partition coefficient (Wildman–Crippen LogP) is 0.828. The van der Waals surface area contributed by atoms with Crippen molar-refractivity contribution < 1.29 is 24.9 Å². The number of aliphatic hydroxyl groups is 3. The highest BCUT2D eigenvalue weighted by Crippen LogP contribution is 2.30. The van der Waals surface area contributed by atoms with Gasteiger partial charge in [0.15, 0.2) is 0 Å². The molecule has 2 aliphatic heterocycles. The molecule has 0 spiro atoms. The molecule has 7 nitrogen and oxygen atoms in total. The van der Waals surface area contributed by atoms with Crippen molar-refractivity contribution in [1.29, 1.82) is 0 Å². The minimum Gasteiger partial charge on any atom is -0.388 e. The summed E-state index contributed by atoms with van der Waals surface area (Å²) in [5.74, 6) is 0.342. The first-order chi connectivity index (χ1) is 13.3. The van der Waals surface area contributed by atoms with Gasteiger partial charge in [0.05, 0.1) is 17.5 Å². The first-order valence-electron chi connectivity index (χ1n) is 10.2. The SMILES string of the molecule is CCCC1CCCNC(C(=O)NC(C(C)Cl)[C@H]2O[C@H](SC)[C@H](O)[C@@H](O)[C@H]2O)C1. The Morgan fingerprint density at radius 2 is 2.04 bits per heavy atom. The molecule has 2 aliphatic rings. The molecule has 0 saturated carbocycles. The van der Waals surface area contributed by atoms with Crippen LogP contribution in [0.1, 0.15) is 46.0 Å². The Balaban J connectivity index is 2.09. The van der Waals surface area contributed by atoms with Gasteiger partial charge < -0.3 is 30.7 Å². The molecule has 0 aromatic heterocycles. The molecule has 1 amide bonds. The molecule has 2 fully saturated rings. The molecule has 2 heterocycles. The van der Waals surface area contributed by atoms with Crippen LogP contribution in [-0.2, 0) is 9.53 Å². The van der Waals surface area contributed by atoms with Crippen LogP contribution < -0.4 is 10.6 Å². The molecule has 2 rings (SSSR count). The van der Waals surface area contributed by atoms with E-state index in [1.165, 1.54) is 11.8 Å². The average Bonchev–Trinajstić information content (AvgIpc) is 2.91. The fourth-order valence-electron chi connectivity index (χ4n) is 4.16. The van der Waals surface area contributed by atoms with Crippen LogP contribution in [0.25, 0.3) is 0 Å². The molecule has 9 heteroatoms. The van der Waals surface area contributed by atoms with Crippen molar-refractivity contribution in [3.05, 3.63) is 0 Å². The van der Waals surface area contributed by atoms with Gasteiger partial charge in [0.1, 0.15) is 29.9 Å². The van der Waals surface area contributed by atoms with Crippen LogP contribution >= 0.6 is 23.4 Å². The number of ether oxygens (including phenoxy) is 1. The van der Waals surface area contributed by atoms with Crippen LogP contribution in [0.2, 0.25) is 0 Å². The maximum atomic E-state index is 13.0. The van der Waals surface area contributed by atoms with Gasteiger partial charge in [0, 0.05) is 0 Å². The molecule has 9 atom stereocenters. The second kappa shape index (κ2) is 11.3. The van der Waals surface area contributed by atoms with Crippen LogP contribution in [0, 0.1) is 5.92 Å². The first-order valence-corrected chi connectivity index (χ1v) is 11.9. The zero-order chi connectivity index (χ0) is 20.8. The minimum atomic E-state index is -1.36. The number of nitrogens with one attached hydrogen (secondary N) is 2. The third kappa shape index (κ3) is 5.97. The summed E-state index contributed by atoms with van der Waals surface area (Å²) in [5.41, 5.74) is -0.705. The van der Waals surface area contributed by atoms with Crippen molar-refractivity contribution in [1.82, 2.24) is 10.6 Å². The monoisotopic (exact) mass is 438 g/mol. The molecule has 28 heavy (non-hydrogen) atoms. The molecule has 2 saturated heterocycles. The van der Waals surface area contributed by atoms with Gasteiger partial charge in [-0.2, -0.15) is 0 Å². The van der Waals surface area contributed by atoms with Gasteiger partial charge in [0.25, 0.3) is 0 Å². The van der Waals surface area contributed by atoms with Crippen LogP contribution in [0.15, 0.2) is 0 Å². The summed E-state index contributed by atoms with van der Waals surface area (Å²) in [6.07, 6.45) is 2.05. The minimum absolute atomic E-state index is 0.169. The first kappa shape index (κ1) is 24.2. The van der Waals surface area contributed by atoms with Crippen molar-refractivity contribution >= 4 is 29.3 Å². The van der Waals surface area contributed by atoms with E-state index in [0.717, 1.165) is 38.6 Å². The van der Waals surface area contributed by atoms with Crippen LogP contribution in [0.5, 0.6) is 0 Å². The van der Waals surface area contributed by atoms with E-state index in [-0.39, 0.29) is 11.9 Å². The molecule has 164 valence electrons. The Hall–Kier alpha value is -0.0900. The Labute approximate surface area is 176 Å². The largest absolute Gasteiger partial charge is 0.388 e. The number of carbonyl (C=O) groups excluding carboxylic acids is 1. The van der Waals surface area contributed by atoms with E-state index in [1.807, 2.05) is 0 Å². The van der Waals surface area contributed by atoms with Gasteiger partial charge in [0.2, 0.25) is 5.91 Å². The molecule has 0 bridgehead atoms. The Kier molecular flexibility index (Phi) is 9.80. The van der Waals surface area contributed by atoms with Crippen LogP contribution in [0.3, 0.4) is 0 Å². The molecule has 0 aromatic carbocycles. The van der Waals surface area contributed by atoms with E-state index in [2.05, 4.69) is 17.6 Å². The maximum Gasteiger partial charge on any atom is 0.237 e. The lowest BCUT2D eigenvalue weighted by molar-refractivity contribution is -0.205. The molecule has 5 N–H and O–H groups in total. The van der Waals surface area contributed by atoms with Crippen molar-refractivity contribution in [3.63, 3.8) is 0 Å². The lowest BCUT2D eigenvalue weighted by atomic mass is 9.91.